The molecule has 0 aliphatic heterocycles. The van der Waals surface area contributed by atoms with Gasteiger partial charge >= 0.3 is 5.97 Å². The molecule has 5 heteroatoms. The fraction of sp³-hybridized carbons (Fsp3) is 0.500. The SMILES string of the molecule is CC(C)CN(CC(=O)O)C(=O)C1(c2ccc(N)cc2)CC1. The van der Waals surface area contributed by atoms with Crippen LogP contribution in [0.1, 0.15) is 32.3 Å². The molecule has 1 saturated carbocycles. The Balaban J connectivity index is 2.22. The van der Waals surface area contributed by atoms with Crippen molar-refractivity contribution in [3.63, 3.8) is 0 Å². The van der Waals surface area contributed by atoms with Gasteiger partial charge in [-0.1, -0.05) is 26.0 Å². The maximum absolute atomic E-state index is 12.8. The number of carboxylic acids is 1. The minimum absolute atomic E-state index is 0.0802. The number of amides is 1. The van der Waals surface area contributed by atoms with E-state index in [0.29, 0.717) is 12.2 Å². The Kier molecular flexibility index (Phi) is 4.21. The lowest BCUT2D eigenvalue weighted by atomic mass is 9.93. The molecule has 2 rings (SSSR count). The van der Waals surface area contributed by atoms with E-state index in [1.807, 2.05) is 26.0 Å². The first kappa shape index (κ1) is 15.4. The van der Waals surface area contributed by atoms with Gasteiger partial charge in [-0.05, 0) is 36.5 Å². The topological polar surface area (TPSA) is 83.6 Å². The summed E-state index contributed by atoms with van der Waals surface area (Å²) in [4.78, 5) is 25.3. The molecular formula is C16H22N2O3. The second-order valence-electron chi connectivity index (χ2n) is 6.18. The van der Waals surface area contributed by atoms with Crippen molar-refractivity contribution in [1.82, 2.24) is 4.90 Å². The van der Waals surface area contributed by atoms with Gasteiger partial charge < -0.3 is 15.7 Å². The van der Waals surface area contributed by atoms with Crippen molar-refractivity contribution >= 4 is 17.6 Å². The Hall–Kier alpha value is -2.04. The summed E-state index contributed by atoms with van der Waals surface area (Å²) in [6, 6.07) is 7.31. The molecule has 21 heavy (non-hydrogen) atoms. The molecule has 0 bridgehead atoms. The van der Waals surface area contributed by atoms with Crippen molar-refractivity contribution in [3.05, 3.63) is 29.8 Å². The third-order valence-corrected chi connectivity index (χ3v) is 3.82. The van der Waals surface area contributed by atoms with Gasteiger partial charge in [-0.2, -0.15) is 0 Å². The molecule has 114 valence electrons. The Morgan fingerprint density at radius 3 is 2.29 bits per heavy atom. The third-order valence-electron chi connectivity index (χ3n) is 3.82. The Labute approximate surface area is 124 Å². The number of carbonyl (C=O) groups excluding carboxylic acids is 1. The highest BCUT2D eigenvalue weighted by molar-refractivity contribution is 5.93. The van der Waals surface area contributed by atoms with Gasteiger partial charge in [-0.25, -0.2) is 0 Å². The highest BCUT2D eigenvalue weighted by Gasteiger charge is 2.53. The molecule has 0 atom stereocenters. The molecular weight excluding hydrogens is 268 g/mol. The number of aliphatic carboxylic acids is 1. The molecule has 1 aliphatic rings. The van der Waals surface area contributed by atoms with Crippen molar-refractivity contribution in [3.8, 4) is 0 Å². The van der Waals surface area contributed by atoms with E-state index in [9.17, 15) is 9.59 Å². The molecule has 3 N–H and O–H groups in total. The van der Waals surface area contributed by atoms with E-state index in [1.165, 1.54) is 4.90 Å². The molecule has 0 heterocycles. The minimum Gasteiger partial charge on any atom is -0.480 e. The number of nitrogens with two attached hydrogens (primary N) is 1. The van der Waals surface area contributed by atoms with Crippen molar-refractivity contribution in [2.75, 3.05) is 18.8 Å². The zero-order chi connectivity index (χ0) is 15.6. The smallest absolute Gasteiger partial charge is 0.323 e. The predicted molar refractivity (Wildman–Crippen MR) is 80.8 cm³/mol. The first-order valence-corrected chi connectivity index (χ1v) is 7.22. The number of hydrogen-bond donors (Lipinski definition) is 2. The number of nitrogens with zero attached hydrogens (tertiary/aromatic N) is 1. The van der Waals surface area contributed by atoms with Gasteiger partial charge in [0.25, 0.3) is 0 Å². The molecule has 0 radical (unpaired) electrons. The van der Waals surface area contributed by atoms with Crippen LogP contribution in [0.25, 0.3) is 0 Å². The van der Waals surface area contributed by atoms with Crippen molar-refractivity contribution in [2.24, 2.45) is 5.92 Å². The number of carbonyl (C=O) groups is 2. The molecule has 0 saturated heterocycles. The number of hydrogen-bond acceptors (Lipinski definition) is 3. The molecule has 1 amide bonds. The van der Waals surface area contributed by atoms with E-state index in [-0.39, 0.29) is 18.4 Å². The van der Waals surface area contributed by atoms with E-state index >= 15 is 0 Å². The summed E-state index contributed by atoms with van der Waals surface area (Å²) in [6.07, 6.45) is 1.54. The van der Waals surface area contributed by atoms with Gasteiger partial charge in [0.15, 0.2) is 0 Å². The molecule has 0 aromatic heterocycles. The minimum atomic E-state index is -0.975. The van der Waals surface area contributed by atoms with Crippen molar-refractivity contribution < 1.29 is 14.7 Å². The monoisotopic (exact) mass is 290 g/mol. The highest BCUT2D eigenvalue weighted by Crippen LogP contribution is 2.49. The maximum Gasteiger partial charge on any atom is 0.323 e. The van der Waals surface area contributed by atoms with Crippen LogP contribution in [0.2, 0.25) is 0 Å². The zero-order valence-electron chi connectivity index (χ0n) is 12.5. The largest absolute Gasteiger partial charge is 0.480 e. The molecule has 1 fully saturated rings. The standard InChI is InChI=1S/C16H22N2O3/c1-11(2)9-18(10-14(19)20)15(21)16(7-8-16)12-3-5-13(17)6-4-12/h3-6,11H,7-10,17H2,1-2H3,(H,19,20). The van der Waals surface area contributed by atoms with E-state index in [1.54, 1.807) is 12.1 Å². The average Bonchev–Trinajstić information content (AvgIpc) is 3.18. The Morgan fingerprint density at radius 1 is 1.29 bits per heavy atom. The molecule has 5 nitrogen and oxygen atoms in total. The van der Waals surface area contributed by atoms with Gasteiger partial charge in [0, 0.05) is 12.2 Å². The number of anilines is 1. The van der Waals surface area contributed by atoms with Gasteiger partial charge in [0.05, 0.1) is 5.41 Å². The molecule has 1 aromatic carbocycles. The first-order valence-electron chi connectivity index (χ1n) is 7.22. The molecule has 1 aromatic rings. The second-order valence-corrected chi connectivity index (χ2v) is 6.18. The summed E-state index contributed by atoms with van der Waals surface area (Å²) in [6.45, 7) is 4.17. The van der Waals surface area contributed by atoms with E-state index in [0.717, 1.165) is 18.4 Å². The Morgan fingerprint density at radius 2 is 1.86 bits per heavy atom. The lowest BCUT2D eigenvalue weighted by Crippen LogP contribution is -2.44. The normalized spacial score (nSPS) is 15.8. The van der Waals surface area contributed by atoms with Crippen LogP contribution >= 0.6 is 0 Å². The summed E-state index contributed by atoms with van der Waals surface area (Å²) in [5.41, 5.74) is 6.73. The summed E-state index contributed by atoms with van der Waals surface area (Å²) in [5, 5.41) is 9.03. The van der Waals surface area contributed by atoms with Crippen LogP contribution in [-0.4, -0.2) is 35.0 Å². The number of carboxylic acid groups (broad SMARTS) is 1. The van der Waals surface area contributed by atoms with E-state index in [4.69, 9.17) is 10.8 Å². The predicted octanol–water partition coefficient (Wildman–Crippen LogP) is 1.87. The van der Waals surface area contributed by atoms with E-state index < -0.39 is 11.4 Å². The average molecular weight is 290 g/mol. The number of benzene rings is 1. The lowest BCUT2D eigenvalue weighted by Gasteiger charge is -2.27. The maximum atomic E-state index is 12.8. The third kappa shape index (κ3) is 3.35. The molecule has 0 unspecified atom stereocenters. The molecule has 0 spiro atoms. The van der Waals surface area contributed by atoms with Crippen LogP contribution < -0.4 is 5.73 Å². The second kappa shape index (κ2) is 5.76. The zero-order valence-corrected chi connectivity index (χ0v) is 12.5. The van der Waals surface area contributed by atoms with Crippen LogP contribution in [-0.2, 0) is 15.0 Å². The summed E-state index contributed by atoms with van der Waals surface area (Å²) in [7, 11) is 0. The van der Waals surface area contributed by atoms with E-state index in [2.05, 4.69) is 0 Å². The number of rotatable bonds is 6. The van der Waals surface area contributed by atoms with Crippen LogP contribution in [0.5, 0.6) is 0 Å². The fourth-order valence-electron chi connectivity index (χ4n) is 2.68. The first-order chi connectivity index (χ1) is 9.85. The van der Waals surface area contributed by atoms with Crippen LogP contribution in [0.3, 0.4) is 0 Å². The number of nitrogen functional groups attached to an aromatic ring is 1. The summed E-state index contributed by atoms with van der Waals surface area (Å²) in [5.74, 6) is -0.823. The fourth-order valence-corrected chi connectivity index (χ4v) is 2.68. The van der Waals surface area contributed by atoms with Crippen LogP contribution in [0.15, 0.2) is 24.3 Å². The van der Waals surface area contributed by atoms with Crippen LogP contribution in [0.4, 0.5) is 5.69 Å². The van der Waals surface area contributed by atoms with Gasteiger partial charge in [-0.15, -0.1) is 0 Å². The van der Waals surface area contributed by atoms with Crippen LogP contribution in [0, 0.1) is 5.92 Å². The summed E-state index contributed by atoms with van der Waals surface area (Å²) >= 11 is 0. The van der Waals surface area contributed by atoms with Crippen molar-refractivity contribution in [2.45, 2.75) is 32.1 Å². The Bertz CT molecular complexity index is 533. The van der Waals surface area contributed by atoms with Gasteiger partial charge in [0.1, 0.15) is 6.54 Å². The van der Waals surface area contributed by atoms with Gasteiger partial charge in [-0.3, -0.25) is 9.59 Å². The highest BCUT2D eigenvalue weighted by atomic mass is 16.4. The molecule has 1 aliphatic carbocycles. The summed E-state index contributed by atoms with van der Waals surface area (Å²) < 4.78 is 0. The quantitative estimate of drug-likeness (QED) is 0.783. The lowest BCUT2D eigenvalue weighted by molar-refractivity contribution is -0.146. The van der Waals surface area contributed by atoms with Gasteiger partial charge in [0.2, 0.25) is 5.91 Å². The van der Waals surface area contributed by atoms with Crippen molar-refractivity contribution in [1.29, 1.82) is 0 Å².